The molecule has 4 rings (SSSR count). The molecule has 0 radical (unpaired) electrons. The van der Waals surface area contributed by atoms with Crippen molar-refractivity contribution in [2.45, 2.75) is 13.5 Å². The fourth-order valence-electron chi connectivity index (χ4n) is 3.93. The van der Waals surface area contributed by atoms with Crippen LogP contribution >= 0.6 is 0 Å². The zero-order chi connectivity index (χ0) is 24.3. The van der Waals surface area contributed by atoms with E-state index in [1.807, 2.05) is 43.3 Å². The first-order valence-electron chi connectivity index (χ1n) is 11.0. The van der Waals surface area contributed by atoms with Crippen LogP contribution in [0.1, 0.15) is 31.8 Å². The van der Waals surface area contributed by atoms with Crippen LogP contribution in [-0.4, -0.2) is 54.9 Å². The molecular weight excluding hydrogens is 452 g/mol. The van der Waals surface area contributed by atoms with E-state index in [2.05, 4.69) is 10.2 Å². The summed E-state index contributed by atoms with van der Waals surface area (Å²) in [6.45, 7) is 3.67. The third kappa shape index (κ3) is 5.70. The Hall–Kier alpha value is -3.49. The number of amides is 1. The number of sulfone groups is 1. The summed E-state index contributed by atoms with van der Waals surface area (Å²) in [5, 5.41) is 12.1. The number of nitrogens with zero attached hydrogens (tertiary/aromatic N) is 1. The van der Waals surface area contributed by atoms with Crippen LogP contribution in [0.2, 0.25) is 0 Å². The number of benzene rings is 3. The van der Waals surface area contributed by atoms with Crippen molar-refractivity contribution in [1.82, 2.24) is 4.90 Å². The number of nitrogens with one attached hydrogen (secondary N) is 1. The summed E-state index contributed by atoms with van der Waals surface area (Å²) in [6, 6.07) is 19.6. The SMILES string of the molecule is Cc1ccc(C(=O)O)cc1-c1ccc(C(=O)Nc2ccc(CN3CCS(=O)(=O)CC3)cc2)cc1. The first-order chi connectivity index (χ1) is 16.2. The van der Waals surface area contributed by atoms with E-state index >= 15 is 0 Å². The third-order valence-corrected chi connectivity index (χ3v) is 7.61. The number of rotatable bonds is 6. The van der Waals surface area contributed by atoms with Crippen LogP contribution in [-0.2, 0) is 16.4 Å². The monoisotopic (exact) mass is 478 g/mol. The van der Waals surface area contributed by atoms with Crippen molar-refractivity contribution in [3.63, 3.8) is 0 Å². The summed E-state index contributed by atoms with van der Waals surface area (Å²) >= 11 is 0. The number of aromatic carboxylic acids is 1. The van der Waals surface area contributed by atoms with E-state index in [0.717, 1.165) is 22.3 Å². The van der Waals surface area contributed by atoms with Crippen molar-refractivity contribution < 1.29 is 23.1 Å². The molecule has 1 heterocycles. The first-order valence-corrected chi connectivity index (χ1v) is 12.8. The molecule has 7 nitrogen and oxygen atoms in total. The number of hydrogen-bond acceptors (Lipinski definition) is 5. The molecule has 1 fully saturated rings. The maximum Gasteiger partial charge on any atom is 0.335 e. The van der Waals surface area contributed by atoms with Gasteiger partial charge in [0.15, 0.2) is 9.84 Å². The van der Waals surface area contributed by atoms with E-state index in [1.54, 1.807) is 30.3 Å². The molecule has 0 unspecified atom stereocenters. The van der Waals surface area contributed by atoms with E-state index in [9.17, 15) is 23.1 Å². The van der Waals surface area contributed by atoms with E-state index < -0.39 is 15.8 Å². The molecule has 1 aliphatic heterocycles. The molecule has 1 amide bonds. The Morgan fingerprint density at radius 1 is 0.912 bits per heavy atom. The molecule has 3 aromatic rings. The van der Waals surface area contributed by atoms with Crippen LogP contribution in [0.15, 0.2) is 66.7 Å². The van der Waals surface area contributed by atoms with Crippen molar-refractivity contribution >= 4 is 27.4 Å². The Kier molecular flexibility index (Phi) is 6.81. The predicted molar refractivity (Wildman–Crippen MR) is 132 cm³/mol. The Labute approximate surface area is 199 Å². The normalized spacial score (nSPS) is 15.6. The molecule has 0 atom stereocenters. The molecule has 1 saturated heterocycles. The quantitative estimate of drug-likeness (QED) is 0.558. The third-order valence-electron chi connectivity index (χ3n) is 6.00. The summed E-state index contributed by atoms with van der Waals surface area (Å²) in [5.74, 6) is -0.821. The minimum atomic E-state index is -2.89. The zero-order valence-corrected chi connectivity index (χ0v) is 19.6. The van der Waals surface area contributed by atoms with Crippen molar-refractivity contribution in [2.24, 2.45) is 0 Å². The smallest absolute Gasteiger partial charge is 0.335 e. The molecule has 0 bridgehead atoms. The molecular formula is C26H26N2O5S. The maximum absolute atomic E-state index is 12.7. The summed E-state index contributed by atoms with van der Waals surface area (Å²) < 4.78 is 23.1. The molecule has 2 N–H and O–H groups in total. The van der Waals surface area contributed by atoms with Crippen LogP contribution in [0.5, 0.6) is 0 Å². The molecule has 176 valence electrons. The minimum absolute atomic E-state index is 0.199. The molecule has 1 aliphatic rings. The lowest BCUT2D eigenvalue weighted by molar-refractivity contribution is 0.0696. The van der Waals surface area contributed by atoms with Crippen molar-refractivity contribution in [3.8, 4) is 11.1 Å². The molecule has 0 aromatic heterocycles. The fourth-order valence-corrected chi connectivity index (χ4v) is 5.21. The van der Waals surface area contributed by atoms with Gasteiger partial charge < -0.3 is 10.4 Å². The van der Waals surface area contributed by atoms with Crippen LogP contribution in [0.25, 0.3) is 11.1 Å². The number of aryl methyl sites for hydroxylation is 1. The second-order valence-corrected chi connectivity index (χ2v) is 10.8. The highest BCUT2D eigenvalue weighted by molar-refractivity contribution is 7.91. The van der Waals surface area contributed by atoms with Crippen molar-refractivity contribution in [3.05, 3.63) is 89.0 Å². The second-order valence-electron chi connectivity index (χ2n) is 8.49. The molecule has 3 aromatic carbocycles. The number of carbonyl (C=O) groups excluding carboxylic acids is 1. The highest BCUT2D eigenvalue weighted by Gasteiger charge is 2.21. The lowest BCUT2D eigenvalue weighted by Crippen LogP contribution is -2.39. The topological polar surface area (TPSA) is 104 Å². The Balaban J connectivity index is 1.38. The molecule has 34 heavy (non-hydrogen) atoms. The van der Waals surface area contributed by atoms with Crippen LogP contribution in [0, 0.1) is 6.92 Å². The summed E-state index contributed by atoms with van der Waals surface area (Å²) in [5.41, 5.74) is 5.05. The number of anilines is 1. The Bertz CT molecular complexity index is 1300. The highest BCUT2D eigenvalue weighted by Crippen LogP contribution is 2.25. The largest absolute Gasteiger partial charge is 0.478 e. The van der Waals surface area contributed by atoms with Crippen LogP contribution in [0.4, 0.5) is 5.69 Å². The van der Waals surface area contributed by atoms with Gasteiger partial charge in [-0.2, -0.15) is 0 Å². The lowest BCUT2D eigenvalue weighted by Gasteiger charge is -2.26. The number of carboxylic acid groups (broad SMARTS) is 1. The second kappa shape index (κ2) is 9.79. The van der Waals surface area contributed by atoms with Gasteiger partial charge in [0.25, 0.3) is 5.91 Å². The fraction of sp³-hybridized carbons (Fsp3) is 0.231. The van der Waals surface area contributed by atoms with Gasteiger partial charge >= 0.3 is 5.97 Å². The van der Waals surface area contributed by atoms with Gasteiger partial charge in [-0.1, -0.05) is 30.3 Å². The van der Waals surface area contributed by atoms with E-state index in [-0.39, 0.29) is 23.0 Å². The maximum atomic E-state index is 12.7. The Morgan fingerprint density at radius 3 is 2.15 bits per heavy atom. The van der Waals surface area contributed by atoms with Gasteiger partial charge in [-0.05, 0) is 65.6 Å². The minimum Gasteiger partial charge on any atom is -0.478 e. The summed E-state index contributed by atoms with van der Waals surface area (Å²) in [4.78, 5) is 26.1. The molecule has 0 spiro atoms. The van der Waals surface area contributed by atoms with E-state index in [0.29, 0.717) is 30.9 Å². The van der Waals surface area contributed by atoms with Gasteiger partial charge in [0, 0.05) is 30.9 Å². The van der Waals surface area contributed by atoms with Gasteiger partial charge in [0.05, 0.1) is 17.1 Å². The Morgan fingerprint density at radius 2 is 1.53 bits per heavy atom. The lowest BCUT2D eigenvalue weighted by atomic mass is 9.97. The zero-order valence-electron chi connectivity index (χ0n) is 18.8. The molecule has 0 saturated carbocycles. The standard InChI is InChI=1S/C26H26N2O5S/c1-18-2-5-22(26(30)31)16-24(18)20-6-8-21(9-7-20)25(29)27-23-10-3-19(4-11-23)17-28-12-14-34(32,33)15-13-28/h2-11,16H,12-15,17H2,1H3,(H,27,29)(H,30,31). The summed E-state index contributed by atoms with van der Waals surface area (Å²) in [7, 11) is -2.89. The van der Waals surface area contributed by atoms with Gasteiger partial charge in [0.1, 0.15) is 0 Å². The van der Waals surface area contributed by atoms with Crippen LogP contribution < -0.4 is 5.32 Å². The van der Waals surface area contributed by atoms with Crippen molar-refractivity contribution in [1.29, 1.82) is 0 Å². The van der Waals surface area contributed by atoms with Gasteiger partial charge in [-0.3, -0.25) is 9.69 Å². The average molecular weight is 479 g/mol. The average Bonchev–Trinajstić information content (AvgIpc) is 2.82. The van der Waals surface area contributed by atoms with Gasteiger partial charge in [0.2, 0.25) is 0 Å². The highest BCUT2D eigenvalue weighted by atomic mass is 32.2. The molecule has 8 heteroatoms. The predicted octanol–water partition coefficient (Wildman–Crippen LogP) is 3.84. The summed E-state index contributed by atoms with van der Waals surface area (Å²) in [6.07, 6.45) is 0. The number of carboxylic acids is 1. The number of carbonyl (C=O) groups is 2. The number of hydrogen-bond donors (Lipinski definition) is 2. The van der Waals surface area contributed by atoms with E-state index in [1.165, 1.54) is 0 Å². The first kappa shape index (κ1) is 23.7. The van der Waals surface area contributed by atoms with Crippen molar-refractivity contribution in [2.75, 3.05) is 29.9 Å². The van der Waals surface area contributed by atoms with E-state index in [4.69, 9.17) is 0 Å². The van der Waals surface area contributed by atoms with Crippen LogP contribution in [0.3, 0.4) is 0 Å². The molecule has 0 aliphatic carbocycles. The van der Waals surface area contributed by atoms with Gasteiger partial charge in [-0.25, -0.2) is 13.2 Å². The van der Waals surface area contributed by atoms with Gasteiger partial charge in [-0.15, -0.1) is 0 Å².